The van der Waals surface area contributed by atoms with E-state index in [9.17, 15) is 22.7 Å². The maximum absolute atomic E-state index is 14.3. The molecule has 35 heavy (non-hydrogen) atoms. The van der Waals surface area contributed by atoms with Gasteiger partial charge < -0.3 is 5.11 Å². The zero-order chi connectivity index (χ0) is 25.2. The molecule has 1 aliphatic rings. The molecular formula is C22H23BrFN5O5S. The molecule has 1 aromatic carbocycles. The number of carbonyl (C=O) groups excluding carboxylic acids is 1. The van der Waals surface area contributed by atoms with E-state index >= 15 is 0 Å². The van der Waals surface area contributed by atoms with Gasteiger partial charge in [0, 0.05) is 23.9 Å². The molecule has 0 radical (unpaired) electrons. The van der Waals surface area contributed by atoms with Crippen LogP contribution >= 0.6 is 15.9 Å². The van der Waals surface area contributed by atoms with Crippen molar-refractivity contribution in [3.05, 3.63) is 75.8 Å². The second-order valence-electron chi connectivity index (χ2n) is 8.47. The van der Waals surface area contributed by atoms with E-state index < -0.39 is 22.3 Å². The van der Waals surface area contributed by atoms with Crippen molar-refractivity contribution >= 4 is 32.0 Å². The molecule has 2 heterocycles. The largest absolute Gasteiger partial charge is 0.393 e. The number of benzene rings is 1. The molecule has 1 saturated carbocycles. The van der Waals surface area contributed by atoms with Gasteiger partial charge >= 0.3 is 10.3 Å². The summed E-state index contributed by atoms with van der Waals surface area (Å²) in [5, 5.41) is 19.5. The van der Waals surface area contributed by atoms with Crippen molar-refractivity contribution < 1.29 is 26.9 Å². The van der Waals surface area contributed by atoms with E-state index in [0.717, 1.165) is 0 Å². The number of hydrogen-bond acceptors (Lipinski definition) is 8. The monoisotopic (exact) mass is 567 g/mol. The van der Waals surface area contributed by atoms with Crippen molar-refractivity contribution in [3.63, 3.8) is 0 Å². The summed E-state index contributed by atoms with van der Waals surface area (Å²) in [5.41, 5.74) is 1.38. The fourth-order valence-electron chi connectivity index (χ4n) is 4.28. The number of halogens is 2. The predicted octanol–water partition coefficient (Wildman–Crippen LogP) is 2.00. The Morgan fingerprint density at radius 1 is 1.31 bits per heavy atom. The van der Waals surface area contributed by atoms with Crippen molar-refractivity contribution in [3.8, 4) is 0 Å². The molecule has 13 heteroatoms. The van der Waals surface area contributed by atoms with Gasteiger partial charge in [-0.05, 0) is 53.2 Å². The first-order valence-corrected chi connectivity index (χ1v) is 13.0. The van der Waals surface area contributed by atoms with E-state index in [1.807, 2.05) is 0 Å². The number of aliphatic hydroxyl groups is 1. The summed E-state index contributed by atoms with van der Waals surface area (Å²) in [4.78, 5) is 21.4. The fraction of sp³-hybridized carbons (Fsp3) is 0.364. The summed E-state index contributed by atoms with van der Waals surface area (Å²) in [7, 11) is -4.09. The summed E-state index contributed by atoms with van der Waals surface area (Å²) in [6.45, 7) is -0.0548. The van der Waals surface area contributed by atoms with Crippen molar-refractivity contribution in [2.24, 2.45) is 17.0 Å². The van der Waals surface area contributed by atoms with Crippen LogP contribution in [-0.4, -0.2) is 51.8 Å². The van der Waals surface area contributed by atoms with Crippen LogP contribution in [-0.2, 0) is 27.5 Å². The lowest BCUT2D eigenvalue weighted by Crippen LogP contribution is -2.24. The van der Waals surface area contributed by atoms with E-state index in [2.05, 4.69) is 35.2 Å². The number of nitrogens with two attached hydrogens (primary N) is 1. The lowest BCUT2D eigenvalue weighted by atomic mass is 9.96. The molecule has 186 valence electrons. The number of hydrogen-bond donors (Lipinski definition) is 2. The molecule has 0 bridgehead atoms. The molecule has 1 fully saturated rings. The summed E-state index contributed by atoms with van der Waals surface area (Å²) >= 11 is 3.16. The summed E-state index contributed by atoms with van der Waals surface area (Å²) in [6, 6.07) is 6.52. The second-order valence-corrected chi connectivity index (χ2v) is 10.5. The lowest BCUT2D eigenvalue weighted by Gasteiger charge is -2.13. The summed E-state index contributed by atoms with van der Waals surface area (Å²) < 4.78 is 42.8. The van der Waals surface area contributed by atoms with Crippen LogP contribution in [0.1, 0.15) is 40.2 Å². The van der Waals surface area contributed by atoms with Crippen LogP contribution in [0.3, 0.4) is 0 Å². The predicted molar refractivity (Wildman–Crippen MR) is 126 cm³/mol. The van der Waals surface area contributed by atoms with Gasteiger partial charge in [0.2, 0.25) is 5.78 Å². The van der Waals surface area contributed by atoms with Crippen LogP contribution in [0.2, 0.25) is 0 Å². The molecule has 3 aromatic rings. The third-order valence-electron chi connectivity index (χ3n) is 5.96. The van der Waals surface area contributed by atoms with Crippen molar-refractivity contribution in [1.82, 2.24) is 19.7 Å². The Morgan fingerprint density at radius 2 is 2.11 bits per heavy atom. The molecule has 0 amide bonds. The summed E-state index contributed by atoms with van der Waals surface area (Å²) in [6.07, 6.45) is 4.89. The van der Waals surface area contributed by atoms with E-state index in [-0.39, 0.29) is 41.9 Å². The van der Waals surface area contributed by atoms with Crippen LogP contribution in [0.4, 0.5) is 4.39 Å². The van der Waals surface area contributed by atoms with E-state index in [0.29, 0.717) is 35.0 Å². The minimum absolute atomic E-state index is 0.0439. The zero-order valence-corrected chi connectivity index (χ0v) is 20.8. The molecule has 0 spiro atoms. The molecule has 3 N–H and O–H groups in total. The number of carbonyl (C=O) groups is 1. The van der Waals surface area contributed by atoms with Gasteiger partial charge in [-0.2, -0.15) is 13.5 Å². The maximum Gasteiger partial charge on any atom is 0.333 e. The molecule has 1 aliphatic carbocycles. The minimum atomic E-state index is -4.09. The van der Waals surface area contributed by atoms with Gasteiger partial charge in [-0.3, -0.25) is 13.7 Å². The Labute approximate surface area is 209 Å². The number of aliphatic hydroxyl groups excluding tert-OH is 1. The Hall–Kier alpha value is -2.58. The third kappa shape index (κ3) is 6.35. The lowest BCUT2D eigenvalue weighted by molar-refractivity contribution is 0.100. The summed E-state index contributed by atoms with van der Waals surface area (Å²) in [5.74, 6) is -1.20. The van der Waals surface area contributed by atoms with Gasteiger partial charge in [-0.1, -0.05) is 12.1 Å². The smallest absolute Gasteiger partial charge is 0.333 e. The van der Waals surface area contributed by atoms with Crippen LogP contribution in [0, 0.1) is 17.7 Å². The zero-order valence-electron chi connectivity index (χ0n) is 18.4. The Bertz CT molecular complexity index is 1340. The molecule has 3 atom stereocenters. The van der Waals surface area contributed by atoms with Crippen LogP contribution in [0.15, 0.2) is 47.5 Å². The highest BCUT2D eigenvalue weighted by atomic mass is 79.9. The van der Waals surface area contributed by atoms with Crippen LogP contribution in [0.5, 0.6) is 0 Å². The molecular weight excluding hydrogens is 545 g/mol. The van der Waals surface area contributed by atoms with E-state index in [4.69, 9.17) is 5.14 Å². The van der Waals surface area contributed by atoms with Crippen molar-refractivity contribution in [1.29, 1.82) is 0 Å². The van der Waals surface area contributed by atoms with Crippen LogP contribution < -0.4 is 5.14 Å². The molecule has 2 aromatic heterocycles. The Morgan fingerprint density at radius 3 is 2.89 bits per heavy atom. The minimum Gasteiger partial charge on any atom is -0.393 e. The van der Waals surface area contributed by atoms with E-state index in [1.54, 1.807) is 30.5 Å². The molecule has 0 unspecified atom stereocenters. The Balaban J connectivity index is 1.46. The SMILES string of the molecule is NS(=O)(=O)OC[C@H]1C[C@@H](Cc2ncncc2C(=O)c2ccn(Cc3cccc(Br)c3F)n2)C[C@@H]1O. The van der Waals surface area contributed by atoms with Gasteiger partial charge in [-0.15, -0.1) is 0 Å². The van der Waals surface area contributed by atoms with Gasteiger partial charge in [-0.25, -0.2) is 19.5 Å². The fourth-order valence-corrected chi connectivity index (χ4v) is 5.05. The highest BCUT2D eigenvalue weighted by Crippen LogP contribution is 2.34. The second kappa shape index (κ2) is 10.6. The number of nitrogens with zero attached hydrogens (tertiary/aromatic N) is 4. The average molecular weight is 568 g/mol. The first-order chi connectivity index (χ1) is 16.6. The van der Waals surface area contributed by atoms with Gasteiger partial charge in [0.15, 0.2) is 0 Å². The Kier molecular flexibility index (Phi) is 7.71. The molecule has 0 aliphatic heterocycles. The number of ketones is 1. The standard InChI is InChI=1S/C22H23BrFN5O5S/c23-17-3-1-2-14(21(17)24)10-29-5-4-18(28-29)22(31)16-9-26-12-27-19(16)7-13-6-15(20(30)8-13)11-34-35(25,32)33/h1-5,9,12-13,15,20,30H,6-8,10-11H2,(H2,25,32,33)/t13-,15+,20-/m0/s1. The molecule has 0 saturated heterocycles. The number of rotatable bonds is 9. The highest BCUT2D eigenvalue weighted by molar-refractivity contribution is 9.10. The third-order valence-corrected chi connectivity index (χ3v) is 7.04. The quantitative estimate of drug-likeness (QED) is 0.372. The van der Waals surface area contributed by atoms with Crippen LogP contribution in [0.25, 0.3) is 0 Å². The molecule has 4 rings (SSSR count). The van der Waals surface area contributed by atoms with Gasteiger partial charge in [0.25, 0.3) is 0 Å². The average Bonchev–Trinajstić information content (AvgIpc) is 3.41. The normalized spacial score (nSPS) is 20.3. The van der Waals surface area contributed by atoms with Crippen molar-refractivity contribution in [2.75, 3.05) is 6.61 Å². The molecule has 10 nitrogen and oxygen atoms in total. The van der Waals surface area contributed by atoms with E-state index in [1.165, 1.54) is 17.2 Å². The first kappa shape index (κ1) is 25.5. The topological polar surface area (TPSA) is 150 Å². The number of aromatic nitrogens is 4. The van der Waals surface area contributed by atoms with Gasteiger partial charge in [0.05, 0.1) is 35.0 Å². The van der Waals surface area contributed by atoms with Gasteiger partial charge in [0.1, 0.15) is 17.8 Å². The first-order valence-electron chi connectivity index (χ1n) is 10.8. The van der Waals surface area contributed by atoms with Crippen molar-refractivity contribution in [2.45, 2.75) is 31.9 Å². The maximum atomic E-state index is 14.3. The highest BCUT2D eigenvalue weighted by Gasteiger charge is 2.35.